The van der Waals surface area contributed by atoms with Gasteiger partial charge >= 0.3 is 12.1 Å². The van der Waals surface area contributed by atoms with Gasteiger partial charge in [0.15, 0.2) is 0 Å². The number of hydrogen-bond donors (Lipinski definition) is 1. The third-order valence-corrected chi connectivity index (χ3v) is 5.36. The van der Waals surface area contributed by atoms with Gasteiger partial charge < -0.3 is 9.84 Å². The Morgan fingerprint density at radius 2 is 1.62 bits per heavy atom. The van der Waals surface area contributed by atoms with Crippen molar-refractivity contribution in [1.82, 2.24) is 4.90 Å². The van der Waals surface area contributed by atoms with Crippen molar-refractivity contribution >= 4 is 12.1 Å². The molecule has 134 valence electrons. The van der Waals surface area contributed by atoms with Crippen LogP contribution in [0.15, 0.2) is 48.5 Å². The monoisotopic (exact) mass is 351 g/mol. The van der Waals surface area contributed by atoms with Gasteiger partial charge in [0, 0.05) is 12.5 Å². The number of carbonyl (C=O) groups excluding carboxylic acids is 1. The zero-order valence-electron chi connectivity index (χ0n) is 14.4. The molecule has 1 atom stereocenters. The molecule has 5 nitrogen and oxygen atoms in total. The molecule has 1 aliphatic heterocycles. The van der Waals surface area contributed by atoms with E-state index in [0.717, 1.165) is 24.0 Å². The van der Waals surface area contributed by atoms with E-state index >= 15 is 0 Å². The van der Waals surface area contributed by atoms with Crippen LogP contribution in [0.2, 0.25) is 0 Å². The summed E-state index contributed by atoms with van der Waals surface area (Å²) >= 11 is 0. The van der Waals surface area contributed by atoms with E-state index in [4.69, 9.17) is 4.74 Å². The number of carboxylic acid groups (broad SMARTS) is 1. The molecule has 1 saturated heterocycles. The first-order valence-corrected chi connectivity index (χ1v) is 9.01. The Hall–Kier alpha value is -2.82. The minimum absolute atomic E-state index is 0.0144. The van der Waals surface area contributed by atoms with E-state index in [1.165, 1.54) is 16.0 Å². The van der Waals surface area contributed by atoms with E-state index in [9.17, 15) is 14.7 Å². The zero-order chi connectivity index (χ0) is 18.1. The highest BCUT2D eigenvalue weighted by atomic mass is 16.6. The smallest absolute Gasteiger partial charge is 0.410 e. The first-order valence-electron chi connectivity index (χ1n) is 9.01. The standard InChI is InChI=1S/C21H21NO4/c23-20(24)19-11-5-6-12-22(19)21(25)26-13-18-16-9-3-1-7-14(16)15-8-2-4-10-17(15)18/h1-4,7-10,18-19H,5-6,11-13H2,(H,23,24)/t19-/m1/s1. The summed E-state index contributed by atoms with van der Waals surface area (Å²) in [4.78, 5) is 25.3. The van der Waals surface area contributed by atoms with Crippen LogP contribution in [-0.4, -0.2) is 41.3 Å². The predicted molar refractivity (Wildman–Crippen MR) is 97.0 cm³/mol. The summed E-state index contributed by atoms with van der Waals surface area (Å²) in [5.41, 5.74) is 4.64. The number of hydrogen-bond acceptors (Lipinski definition) is 3. The quantitative estimate of drug-likeness (QED) is 0.911. The van der Waals surface area contributed by atoms with E-state index in [1.54, 1.807) is 0 Å². The van der Waals surface area contributed by atoms with E-state index < -0.39 is 18.1 Å². The molecule has 4 rings (SSSR count). The fourth-order valence-corrected chi connectivity index (χ4v) is 4.08. The molecule has 0 radical (unpaired) electrons. The van der Waals surface area contributed by atoms with Crippen LogP contribution < -0.4 is 0 Å². The number of amides is 1. The number of carboxylic acids is 1. The van der Waals surface area contributed by atoms with Crippen LogP contribution in [0.25, 0.3) is 11.1 Å². The highest BCUT2D eigenvalue weighted by Crippen LogP contribution is 2.44. The maximum atomic E-state index is 12.5. The van der Waals surface area contributed by atoms with Crippen molar-refractivity contribution in [2.75, 3.05) is 13.2 Å². The van der Waals surface area contributed by atoms with Crippen LogP contribution in [0, 0.1) is 0 Å². The number of benzene rings is 2. The van der Waals surface area contributed by atoms with Crippen molar-refractivity contribution in [2.24, 2.45) is 0 Å². The molecule has 2 aromatic rings. The fourth-order valence-electron chi connectivity index (χ4n) is 4.08. The molecule has 0 aromatic heterocycles. The lowest BCUT2D eigenvalue weighted by molar-refractivity contribution is -0.143. The lowest BCUT2D eigenvalue weighted by atomic mass is 9.98. The molecule has 1 heterocycles. The van der Waals surface area contributed by atoms with Gasteiger partial charge in [0.05, 0.1) is 0 Å². The Kier molecular flexibility index (Phi) is 4.37. The molecule has 0 saturated carbocycles. The Balaban J connectivity index is 1.53. The highest BCUT2D eigenvalue weighted by molar-refractivity contribution is 5.81. The van der Waals surface area contributed by atoms with Gasteiger partial charge in [-0.3, -0.25) is 4.90 Å². The summed E-state index contributed by atoms with van der Waals surface area (Å²) in [6, 6.07) is 15.5. The molecule has 1 N–H and O–H groups in total. The number of piperidine rings is 1. The summed E-state index contributed by atoms with van der Waals surface area (Å²) in [6.07, 6.45) is 1.59. The summed E-state index contributed by atoms with van der Waals surface area (Å²) in [5.74, 6) is -0.974. The van der Waals surface area contributed by atoms with Gasteiger partial charge in [0.25, 0.3) is 0 Å². The Labute approximate surface area is 152 Å². The van der Waals surface area contributed by atoms with Crippen molar-refractivity contribution in [3.63, 3.8) is 0 Å². The molecular formula is C21H21NO4. The fraction of sp³-hybridized carbons (Fsp3) is 0.333. The van der Waals surface area contributed by atoms with Gasteiger partial charge in [-0.1, -0.05) is 48.5 Å². The summed E-state index contributed by atoms with van der Waals surface area (Å²) in [5, 5.41) is 9.35. The molecule has 5 heteroatoms. The molecule has 0 bridgehead atoms. The molecule has 0 spiro atoms. The number of likely N-dealkylation sites (tertiary alicyclic amines) is 1. The second kappa shape index (κ2) is 6.83. The highest BCUT2D eigenvalue weighted by Gasteiger charge is 2.34. The van der Waals surface area contributed by atoms with Crippen LogP contribution in [-0.2, 0) is 9.53 Å². The van der Waals surface area contributed by atoms with E-state index in [1.807, 2.05) is 24.3 Å². The van der Waals surface area contributed by atoms with Crippen molar-refractivity contribution < 1.29 is 19.4 Å². The largest absolute Gasteiger partial charge is 0.480 e. The van der Waals surface area contributed by atoms with Crippen LogP contribution in [0.1, 0.15) is 36.3 Å². The van der Waals surface area contributed by atoms with Crippen molar-refractivity contribution in [3.8, 4) is 11.1 Å². The predicted octanol–water partition coefficient (Wildman–Crippen LogP) is 3.87. The SMILES string of the molecule is O=C(O)[C@H]1CCCCN1C(=O)OCC1c2ccccc2-c2ccccc21. The number of ether oxygens (including phenoxy) is 1. The molecule has 2 aliphatic rings. The third-order valence-electron chi connectivity index (χ3n) is 5.36. The van der Waals surface area contributed by atoms with Crippen LogP contribution >= 0.6 is 0 Å². The minimum atomic E-state index is -0.960. The number of fused-ring (bicyclic) bond motifs is 3. The van der Waals surface area contributed by atoms with Gasteiger partial charge in [-0.2, -0.15) is 0 Å². The van der Waals surface area contributed by atoms with Gasteiger partial charge in [-0.25, -0.2) is 9.59 Å². The lowest BCUT2D eigenvalue weighted by Crippen LogP contribution is -2.48. The molecule has 1 fully saturated rings. The van der Waals surface area contributed by atoms with Crippen molar-refractivity contribution in [2.45, 2.75) is 31.2 Å². The van der Waals surface area contributed by atoms with Gasteiger partial charge in [-0.15, -0.1) is 0 Å². The molecular weight excluding hydrogens is 330 g/mol. The lowest BCUT2D eigenvalue weighted by Gasteiger charge is -2.32. The van der Waals surface area contributed by atoms with Gasteiger partial charge in [0.2, 0.25) is 0 Å². The molecule has 2 aromatic carbocycles. The van der Waals surface area contributed by atoms with Crippen LogP contribution in [0.4, 0.5) is 4.79 Å². The van der Waals surface area contributed by atoms with Gasteiger partial charge in [0.1, 0.15) is 12.6 Å². The van der Waals surface area contributed by atoms with E-state index in [2.05, 4.69) is 24.3 Å². The maximum Gasteiger partial charge on any atom is 0.410 e. The Morgan fingerprint density at radius 3 is 2.23 bits per heavy atom. The molecule has 1 aliphatic carbocycles. The first kappa shape index (κ1) is 16.6. The number of nitrogens with zero attached hydrogens (tertiary/aromatic N) is 1. The Morgan fingerprint density at radius 1 is 1.00 bits per heavy atom. The normalized spacial score (nSPS) is 18.9. The van der Waals surface area contributed by atoms with Gasteiger partial charge in [-0.05, 0) is 41.5 Å². The topological polar surface area (TPSA) is 66.8 Å². The zero-order valence-corrected chi connectivity index (χ0v) is 14.4. The number of aliphatic carboxylic acids is 1. The molecule has 1 amide bonds. The molecule has 0 unspecified atom stereocenters. The van der Waals surface area contributed by atoms with Crippen LogP contribution in [0.5, 0.6) is 0 Å². The summed E-state index contributed by atoms with van der Waals surface area (Å²) in [6.45, 7) is 0.656. The average molecular weight is 351 g/mol. The minimum Gasteiger partial charge on any atom is -0.480 e. The summed E-state index contributed by atoms with van der Waals surface area (Å²) < 4.78 is 5.58. The molecule has 26 heavy (non-hydrogen) atoms. The van der Waals surface area contributed by atoms with E-state index in [0.29, 0.717) is 13.0 Å². The van der Waals surface area contributed by atoms with Crippen LogP contribution in [0.3, 0.4) is 0 Å². The third kappa shape index (κ3) is 2.83. The number of carbonyl (C=O) groups is 2. The maximum absolute atomic E-state index is 12.5. The second-order valence-corrected chi connectivity index (χ2v) is 6.85. The average Bonchev–Trinajstić information content (AvgIpc) is 3.00. The number of rotatable bonds is 3. The van der Waals surface area contributed by atoms with Crippen molar-refractivity contribution in [3.05, 3.63) is 59.7 Å². The first-order chi connectivity index (χ1) is 12.7. The Bertz CT molecular complexity index is 802. The van der Waals surface area contributed by atoms with E-state index in [-0.39, 0.29) is 12.5 Å². The second-order valence-electron chi connectivity index (χ2n) is 6.85. The van der Waals surface area contributed by atoms with Crippen molar-refractivity contribution in [1.29, 1.82) is 0 Å². The summed E-state index contributed by atoms with van der Waals surface area (Å²) in [7, 11) is 0.